The summed E-state index contributed by atoms with van der Waals surface area (Å²) >= 11 is 0. The molecule has 0 aliphatic heterocycles. The summed E-state index contributed by atoms with van der Waals surface area (Å²) in [6, 6.07) is 0. The van der Waals surface area contributed by atoms with Gasteiger partial charge in [-0.3, -0.25) is 4.79 Å². The highest BCUT2D eigenvalue weighted by atomic mass is 28.4. The molecule has 4 rings (SSSR count). The van der Waals surface area contributed by atoms with E-state index in [1.807, 2.05) is 0 Å². The number of hydrogen-bond acceptors (Lipinski definition) is 4. The molecule has 4 nitrogen and oxygen atoms in total. The third kappa shape index (κ3) is 3.35. The number of ether oxygens (including phenoxy) is 1. The van der Waals surface area contributed by atoms with Crippen LogP contribution in [0.3, 0.4) is 0 Å². The summed E-state index contributed by atoms with van der Waals surface area (Å²) in [6.45, 7) is 12.8. The van der Waals surface area contributed by atoms with Crippen molar-refractivity contribution in [3.63, 3.8) is 0 Å². The zero-order valence-electron chi connectivity index (χ0n) is 19.8. The van der Waals surface area contributed by atoms with Gasteiger partial charge in [-0.1, -0.05) is 18.6 Å². The Labute approximate surface area is 183 Å². The normalized spacial score (nSPS) is 45.6. The minimum Gasteiger partial charge on any atom is -0.459 e. The van der Waals surface area contributed by atoms with Crippen LogP contribution in [0.25, 0.3) is 0 Å². The monoisotopic (exact) mass is 432 g/mol. The predicted molar refractivity (Wildman–Crippen MR) is 120 cm³/mol. The Balaban J connectivity index is 1.62. The fraction of sp³-hybridized carbons (Fsp3) is 0.840. The lowest BCUT2D eigenvalue weighted by Gasteiger charge is -2.58. The number of esters is 1. The molecule has 0 bridgehead atoms. The lowest BCUT2D eigenvalue weighted by Crippen LogP contribution is -2.56. The second-order valence-electron chi connectivity index (χ2n) is 11.9. The van der Waals surface area contributed by atoms with Crippen LogP contribution in [-0.4, -0.2) is 32.3 Å². The van der Waals surface area contributed by atoms with Crippen molar-refractivity contribution < 1.29 is 18.8 Å². The number of rotatable bonds is 4. The number of hydrogen-bond donors (Lipinski definition) is 0. The molecular weight excluding hydrogens is 392 g/mol. The molecule has 0 unspecified atom stereocenters. The first kappa shape index (κ1) is 22.3. The fourth-order valence-electron chi connectivity index (χ4n) is 7.88. The number of carbonyl (C=O) groups is 2. The van der Waals surface area contributed by atoms with Crippen LogP contribution < -0.4 is 0 Å². The van der Waals surface area contributed by atoms with Gasteiger partial charge in [0.25, 0.3) is 0 Å². The number of allylic oxidation sites excluding steroid dienone is 1. The van der Waals surface area contributed by atoms with Gasteiger partial charge in [0.15, 0.2) is 8.32 Å². The van der Waals surface area contributed by atoms with Crippen LogP contribution in [0, 0.1) is 28.6 Å². The van der Waals surface area contributed by atoms with Crippen molar-refractivity contribution >= 4 is 20.6 Å². The molecule has 3 fully saturated rings. The van der Waals surface area contributed by atoms with E-state index in [1.165, 1.54) is 18.8 Å². The maximum absolute atomic E-state index is 12.7. The average molecular weight is 433 g/mol. The van der Waals surface area contributed by atoms with E-state index in [0.717, 1.165) is 51.4 Å². The largest absolute Gasteiger partial charge is 0.459 e. The molecule has 0 spiro atoms. The molecular formula is C25H40O4Si. The molecule has 0 aromatic heterocycles. The van der Waals surface area contributed by atoms with E-state index in [2.05, 4.69) is 39.6 Å². The summed E-state index contributed by atoms with van der Waals surface area (Å²) in [5, 5.41) is 0. The standard InChI is InChI=1S/C25H40O4Si/c1-17(27)28-24(3)13-11-21-20-8-7-18-15-19(29-30(4,5)6)9-14-25(18,16-26)22(20)10-12-23(21,24)2/h15-16,19-22H,7-14H2,1-6H3/t19-,20-,21-,22-,23-,24-,25+/m0/s1. The van der Waals surface area contributed by atoms with Crippen LogP contribution in [-0.2, 0) is 18.8 Å². The highest BCUT2D eigenvalue weighted by Gasteiger charge is 2.65. The van der Waals surface area contributed by atoms with Gasteiger partial charge in [0.05, 0.1) is 11.5 Å². The maximum Gasteiger partial charge on any atom is 0.303 e. The van der Waals surface area contributed by atoms with Crippen molar-refractivity contribution in [2.24, 2.45) is 28.6 Å². The molecule has 4 aliphatic rings. The van der Waals surface area contributed by atoms with Crippen molar-refractivity contribution in [2.75, 3.05) is 0 Å². The Bertz CT molecular complexity index is 755. The zero-order valence-corrected chi connectivity index (χ0v) is 20.8. The van der Waals surface area contributed by atoms with Gasteiger partial charge in [-0.05, 0) is 95.7 Å². The third-order valence-corrected chi connectivity index (χ3v) is 10.3. The van der Waals surface area contributed by atoms with Gasteiger partial charge >= 0.3 is 5.97 Å². The molecule has 0 radical (unpaired) electrons. The predicted octanol–water partition coefficient (Wildman–Crippen LogP) is 5.67. The smallest absolute Gasteiger partial charge is 0.303 e. The topological polar surface area (TPSA) is 52.6 Å². The van der Waals surface area contributed by atoms with Crippen molar-refractivity contribution in [2.45, 2.75) is 103 Å². The van der Waals surface area contributed by atoms with E-state index in [-0.39, 0.29) is 28.5 Å². The van der Waals surface area contributed by atoms with Crippen LogP contribution in [0.2, 0.25) is 19.6 Å². The SMILES string of the molecule is CC(=O)O[C@@]1(C)CC[C@H]2[C@@H]3CCC4=C[C@@H](O[Si](C)(C)C)CC[C@]4(C=O)[C@H]3CC[C@@]21C. The minimum absolute atomic E-state index is 0.0171. The van der Waals surface area contributed by atoms with Crippen LogP contribution in [0.4, 0.5) is 0 Å². The van der Waals surface area contributed by atoms with E-state index in [9.17, 15) is 9.59 Å². The van der Waals surface area contributed by atoms with Crippen LogP contribution in [0.5, 0.6) is 0 Å². The first-order chi connectivity index (χ1) is 13.9. The summed E-state index contributed by atoms with van der Waals surface area (Å²) in [7, 11) is -1.60. The number of fused-ring (bicyclic) bond motifs is 5. The van der Waals surface area contributed by atoms with Gasteiger partial charge in [0.1, 0.15) is 11.9 Å². The second-order valence-corrected chi connectivity index (χ2v) is 16.4. The molecule has 5 heteroatoms. The highest BCUT2D eigenvalue weighted by Crippen LogP contribution is 2.68. The van der Waals surface area contributed by atoms with Crippen LogP contribution in [0.1, 0.15) is 72.1 Å². The first-order valence-electron chi connectivity index (χ1n) is 12.0. The van der Waals surface area contributed by atoms with Crippen LogP contribution in [0.15, 0.2) is 11.6 Å². The molecule has 0 amide bonds. The van der Waals surface area contributed by atoms with Gasteiger partial charge in [-0.25, -0.2) is 0 Å². The number of carbonyl (C=O) groups excluding carboxylic acids is 2. The summed E-state index contributed by atoms with van der Waals surface area (Å²) < 4.78 is 12.3. The molecule has 0 aromatic carbocycles. The van der Waals surface area contributed by atoms with Crippen molar-refractivity contribution in [1.29, 1.82) is 0 Å². The Morgan fingerprint density at radius 2 is 1.77 bits per heavy atom. The van der Waals surface area contributed by atoms with Gasteiger partial charge < -0.3 is 14.0 Å². The molecule has 0 saturated heterocycles. The quantitative estimate of drug-likeness (QED) is 0.248. The summed E-state index contributed by atoms with van der Waals surface area (Å²) in [5.41, 5.74) is 0.715. The van der Waals surface area contributed by atoms with Gasteiger partial charge in [-0.2, -0.15) is 0 Å². The molecule has 0 N–H and O–H groups in total. The average Bonchev–Trinajstić information content (AvgIpc) is 2.90. The Kier molecular flexibility index (Phi) is 5.41. The Morgan fingerprint density at radius 1 is 1.07 bits per heavy atom. The van der Waals surface area contributed by atoms with E-state index in [1.54, 1.807) is 0 Å². The molecule has 0 aromatic rings. The van der Waals surface area contributed by atoms with Crippen LogP contribution >= 0.6 is 0 Å². The molecule has 0 heterocycles. The highest BCUT2D eigenvalue weighted by molar-refractivity contribution is 6.69. The Morgan fingerprint density at radius 3 is 2.40 bits per heavy atom. The fourth-order valence-corrected chi connectivity index (χ4v) is 8.97. The summed E-state index contributed by atoms with van der Waals surface area (Å²) in [4.78, 5) is 24.5. The molecule has 3 saturated carbocycles. The Hall–Kier alpha value is -0.943. The second kappa shape index (κ2) is 7.30. The van der Waals surface area contributed by atoms with Gasteiger partial charge in [-0.15, -0.1) is 0 Å². The van der Waals surface area contributed by atoms with Gasteiger partial charge in [0.2, 0.25) is 0 Å². The maximum atomic E-state index is 12.7. The van der Waals surface area contributed by atoms with Crippen molar-refractivity contribution in [3.8, 4) is 0 Å². The van der Waals surface area contributed by atoms with E-state index < -0.39 is 8.32 Å². The summed E-state index contributed by atoms with van der Waals surface area (Å²) in [5.74, 6) is 1.36. The molecule has 168 valence electrons. The van der Waals surface area contributed by atoms with Crippen molar-refractivity contribution in [3.05, 3.63) is 11.6 Å². The molecule has 30 heavy (non-hydrogen) atoms. The zero-order chi connectivity index (χ0) is 21.9. The molecule has 4 aliphatic carbocycles. The van der Waals surface area contributed by atoms with Gasteiger partial charge in [0, 0.05) is 12.3 Å². The first-order valence-corrected chi connectivity index (χ1v) is 15.4. The van der Waals surface area contributed by atoms with Crippen molar-refractivity contribution in [1.82, 2.24) is 0 Å². The lowest BCUT2D eigenvalue weighted by atomic mass is 9.46. The van der Waals surface area contributed by atoms with E-state index in [0.29, 0.717) is 17.8 Å². The molecule has 7 atom stereocenters. The number of aldehydes is 1. The van der Waals surface area contributed by atoms with E-state index in [4.69, 9.17) is 9.16 Å². The summed E-state index contributed by atoms with van der Waals surface area (Å²) in [6.07, 6.45) is 12.0. The third-order valence-electron chi connectivity index (χ3n) is 9.29. The lowest BCUT2D eigenvalue weighted by molar-refractivity contribution is -0.178. The van der Waals surface area contributed by atoms with E-state index >= 15 is 0 Å². The minimum atomic E-state index is -1.60.